The quantitative estimate of drug-likeness (QED) is 0.747. The molecule has 0 bridgehead atoms. The van der Waals surface area contributed by atoms with Gasteiger partial charge in [0.1, 0.15) is 0 Å². The third-order valence-corrected chi connectivity index (χ3v) is 3.56. The van der Waals surface area contributed by atoms with Gasteiger partial charge in [0.15, 0.2) is 0 Å². The van der Waals surface area contributed by atoms with Gasteiger partial charge >= 0.3 is 0 Å². The van der Waals surface area contributed by atoms with Crippen molar-refractivity contribution in [1.82, 2.24) is 0 Å². The summed E-state index contributed by atoms with van der Waals surface area (Å²) in [4.78, 5) is 0. The van der Waals surface area contributed by atoms with E-state index in [2.05, 4.69) is 0 Å². The highest BCUT2D eigenvalue weighted by Gasteiger charge is 2.22. The molecular weight excluding hydrogens is 198 g/mol. The Morgan fingerprint density at radius 3 is 2.71 bits per heavy atom. The number of benzene rings is 1. The van der Waals surface area contributed by atoms with Crippen LogP contribution in [0.2, 0.25) is 0 Å². The molecule has 1 aliphatic rings. The molecule has 14 heavy (non-hydrogen) atoms. The van der Waals surface area contributed by atoms with E-state index in [1.54, 1.807) is 6.08 Å². The standard InChI is InChI=1S/C10H11NO2S/c11-14(12,13)10-6-5-8-3-1-2-4-9(8)7-10/h1-6,10H,7H2,(H2,11,12,13). The van der Waals surface area contributed by atoms with E-state index in [0.717, 1.165) is 11.1 Å². The van der Waals surface area contributed by atoms with Crippen molar-refractivity contribution in [3.8, 4) is 0 Å². The van der Waals surface area contributed by atoms with E-state index < -0.39 is 15.3 Å². The zero-order valence-corrected chi connectivity index (χ0v) is 8.37. The molecule has 0 spiro atoms. The first-order valence-corrected chi connectivity index (χ1v) is 5.96. The SMILES string of the molecule is NS(=O)(=O)C1C=Cc2ccccc2C1. The molecular formula is C10H11NO2S. The molecule has 1 unspecified atom stereocenters. The Balaban J connectivity index is 2.40. The summed E-state index contributed by atoms with van der Waals surface area (Å²) < 4.78 is 22.2. The zero-order chi connectivity index (χ0) is 10.2. The Kier molecular flexibility index (Phi) is 2.17. The van der Waals surface area contributed by atoms with Crippen molar-refractivity contribution in [3.05, 3.63) is 41.5 Å². The molecule has 0 heterocycles. The monoisotopic (exact) mass is 209 g/mol. The second-order valence-electron chi connectivity index (χ2n) is 3.39. The first kappa shape index (κ1) is 9.43. The third-order valence-electron chi connectivity index (χ3n) is 2.39. The molecule has 1 aromatic carbocycles. The molecule has 0 aromatic heterocycles. The topological polar surface area (TPSA) is 60.2 Å². The Labute approximate surface area is 83.3 Å². The molecule has 2 N–H and O–H groups in total. The van der Waals surface area contributed by atoms with Crippen LogP contribution in [0.5, 0.6) is 0 Å². The Bertz CT molecular complexity index is 477. The van der Waals surface area contributed by atoms with Crippen molar-refractivity contribution < 1.29 is 8.42 Å². The van der Waals surface area contributed by atoms with Gasteiger partial charge in [-0.1, -0.05) is 36.4 Å². The van der Waals surface area contributed by atoms with E-state index in [0.29, 0.717) is 6.42 Å². The Morgan fingerprint density at radius 2 is 2.00 bits per heavy atom. The van der Waals surface area contributed by atoms with Crippen LogP contribution in [0.1, 0.15) is 11.1 Å². The van der Waals surface area contributed by atoms with Gasteiger partial charge in [0.05, 0.1) is 5.25 Å². The van der Waals surface area contributed by atoms with Gasteiger partial charge in [-0.2, -0.15) is 0 Å². The highest BCUT2D eigenvalue weighted by atomic mass is 32.2. The minimum atomic E-state index is -3.46. The molecule has 0 amide bonds. The van der Waals surface area contributed by atoms with Gasteiger partial charge < -0.3 is 0 Å². The van der Waals surface area contributed by atoms with Crippen molar-refractivity contribution in [2.45, 2.75) is 11.7 Å². The number of hydrogen-bond donors (Lipinski definition) is 1. The number of nitrogens with two attached hydrogens (primary N) is 1. The van der Waals surface area contributed by atoms with Crippen LogP contribution in [0, 0.1) is 0 Å². The van der Waals surface area contributed by atoms with Gasteiger partial charge in [-0.25, -0.2) is 13.6 Å². The van der Waals surface area contributed by atoms with Crippen LogP contribution >= 0.6 is 0 Å². The van der Waals surface area contributed by atoms with Crippen molar-refractivity contribution in [1.29, 1.82) is 0 Å². The van der Waals surface area contributed by atoms with Crippen molar-refractivity contribution in [3.63, 3.8) is 0 Å². The van der Waals surface area contributed by atoms with Crippen molar-refractivity contribution in [2.75, 3.05) is 0 Å². The molecule has 1 aromatic rings. The first-order valence-electron chi connectivity index (χ1n) is 4.35. The largest absolute Gasteiger partial charge is 0.228 e. The summed E-state index contributed by atoms with van der Waals surface area (Å²) in [5.74, 6) is 0. The maximum atomic E-state index is 11.1. The number of primary sulfonamides is 1. The molecule has 2 rings (SSSR count). The molecule has 4 heteroatoms. The summed E-state index contributed by atoms with van der Waals surface area (Å²) >= 11 is 0. The number of sulfonamides is 1. The maximum Gasteiger partial charge on any atom is 0.215 e. The molecule has 0 radical (unpaired) electrons. The van der Waals surface area contributed by atoms with Gasteiger partial charge in [0.2, 0.25) is 10.0 Å². The van der Waals surface area contributed by atoms with E-state index in [1.807, 2.05) is 30.3 Å². The number of hydrogen-bond acceptors (Lipinski definition) is 2. The smallest absolute Gasteiger partial charge is 0.215 e. The first-order chi connectivity index (χ1) is 6.57. The lowest BCUT2D eigenvalue weighted by atomic mass is 9.97. The summed E-state index contributed by atoms with van der Waals surface area (Å²) in [6.45, 7) is 0. The summed E-state index contributed by atoms with van der Waals surface area (Å²) in [6.07, 6.45) is 3.94. The molecule has 1 aliphatic carbocycles. The Hall–Kier alpha value is -1.13. The predicted molar refractivity (Wildman–Crippen MR) is 56.1 cm³/mol. The summed E-state index contributed by atoms with van der Waals surface area (Å²) in [6, 6.07) is 7.72. The predicted octanol–water partition coefficient (Wildman–Crippen LogP) is 0.913. The second-order valence-corrected chi connectivity index (χ2v) is 5.17. The minimum Gasteiger partial charge on any atom is -0.228 e. The van der Waals surface area contributed by atoms with Gasteiger partial charge in [-0.3, -0.25) is 0 Å². The normalized spacial score (nSPS) is 20.5. The van der Waals surface area contributed by atoms with E-state index in [-0.39, 0.29) is 0 Å². The fourth-order valence-electron chi connectivity index (χ4n) is 1.60. The maximum absolute atomic E-state index is 11.1. The van der Waals surface area contributed by atoms with E-state index >= 15 is 0 Å². The van der Waals surface area contributed by atoms with Crippen LogP contribution in [0.3, 0.4) is 0 Å². The van der Waals surface area contributed by atoms with Crippen LogP contribution in [0.25, 0.3) is 6.08 Å². The summed E-state index contributed by atoms with van der Waals surface area (Å²) in [5, 5.41) is 4.52. The molecule has 74 valence electrons. The Morgan fingerprint density at radius 1 is 1.29 bits per heavy atom. The third kappa shape index (κ3) is 1.71. The number of rotatable bonds is 1. The summed E-state index contributed by atoms with van der Waals surface area (Å²) in [7, 11) is -3.46. The van der Waals surface area contributed by atoms with Crippen LogP contribution < -0.4 is 5.14 Å². The fourth-order valence-corrected chi connectivity index (χ4v) is 2.31. The van der Waals surface area contributed by atoms with Gasteiger partial charge in [-0.05, 0) is 17.5 Å². The second kappa shape index (κ2) is 3.22. The van der Waals surface area contributed by atoms with Crippen molar-refractivity contribution in [2.24, 2.45) is 5.14 Å². The van der Waals surface area contributed by atoms with E-state index in [9.17, 15) is 8.42 Å². The van der Waals surface area contributed by atoms with Crippen LogP contribution in [-0.4, -0.2) is 13.7 Å². The lowest BCUT2D eigenvalue weighted by molar-refractivity contribution is 0.589. The molecule has 0 saturated carbocycles. The average Bonchev–Trinajstić information content (AvgIpc) is 2.16. The van der Waals surface area contributed by atoms with Gasteiger partial charge in [0, 0.05) is 0 Å². The van der Waals surface area contributed by atoms with Crippen LogP contribution in [0.15, 0.2) is 30.3 Å². The average molecular weight is 209 g/mol. The molecule has 0 fully saturated rings. The van der Waals surface area contributed by atoms with Gasteiger partial charge in [-0.15, -0.1) is 0 Å². The highest BCUT2D eigenvalue weighted by Crippen LogP contribution is 2.21. The molecule has 3 nitrogen and oxygen atoms in total. The number of fused-ring (bicyclic) bond motifs is 1. The lowest BCUT2D eigenvalue weighted by Gasteiger charge is -2.17. The van der Waals surface area contributed by atoms with E-state index in [4.69, 9.17) is 5.14 Å². The molecule has 1 atom stereocenters. The minimum absolute atomic E-state index is 0.478. The summed E-state index contributed by atoms with van der Waals surface area (Å²) in [5.41, 5.74) is 2.11. The fraction of sp³-hybridized carbons (Fsp3) is 0.200. The van der Waals surface area contributed by atoms with E-state index in [1.165, 1.54) is 0 Å². The van der Waals surface area contributed by atoms with Crippen LogP contribution in [0.4, 0.5) is 0 Å². The van der Waals surface area contributed by atoms with Crippen LogP contribution in [-0.2, 0) is 16.4 Å². The lowest BCUT2D eigenvalue weighted by Crippen LogP contribution is -2.30. The highest BCUT2D eigenvalue weighted by molar-refractivity contribution is 7.89. The molecule has 0 aliphatic heterocycles. The van der Waals surface area contributed by atoms with Crippen molar-refractivity contribution >= 4 is 16.1 Å². The zero-order valence-electron chi connectivity index (χ0n) is 7.55. The molecule has 0 saturated heterocycles. The van der Waals surface area contributed by atoms with Gasteiger partial charge in [0.25, 0.3) is 0 Å².